The molecular weight excluding hydrogens is 390 g/mol. The summed E-state index contributed by atoms with van der Waals surface area (Å²) in [4.78, 5) is 3.94. The molecule has 114 valence electrons. The van der Waals surface area contributed by atoms with Crippen molar-refractivity contribution < 1.29 is 22.6 Å². The minimum Gasteiger partial charge on any atom is -0.406 e. The topological polar surface area (TPSA) is 68.9 Å². The third-order valence-electron chi connectivity index (χ3n) is 1.94. The highest BCUT2D eigenvalue weighted by atomic mass is 127. The van der Waals surface area contributed by atoms with Crippen molar-refractivity contribution >= 4 is 35.6 Å². The second-order valence-electron chi connectivity index (χ2n) is 3.46. The van der Waals surface area contributed by atoms with E-state index < -0.39 is 6.36 Å². The lowest BCUT2D eigenvalue weighted by Gasteiger charge is -2.10. The molecular formula is C11H15F3IN3O2. The lowest BCUT2D eigenvalue weighted by Crippen LogP contribution is -2.23. The Labute approximate surface area is 131 Å². The number of rotatable bonds is 5. The number of halogens is 4. The molecule has 0 saturated carbocycles. The van der Waals surface area contributed by atoms with Crippen LogP contribution in [0.25, 0.3) is 0 Å². The molecule has 0 fully saturated rings. The molecule has 0 aliphatic heterocycles. The molecule has 0 heterocycles. The minimum atomic E-state index is -4.70. The molecule has 0 aromatic heterocycles. The Kier molecular flexibility index (Phi) is 8.30. The molecule has 1 aromatic rings. The Morgan fingerprint density at radius 1 is 1.30 bits per heavy atom. The molecule has 1 rings (SSSR count). The molecule has 3 N–H and O–H groups in total. The lowest BCUT2D eigenvalue weighted by atomic mass is 10.3. The summed E-state index contributed by atoms with van der Waals surface area (Å²) in [7, 11) is 1.54. The molecule has 0 amide bonds. The van der Waals surface area contributed by atoms with Crippen molar-refractivity contribution in [3.63, 3.8) is 0 Å². The van der Waals surface area contributed by atoms with Gasteiger partial charge in [-0.15, -0.1) is 37.1 Å². The largest absolute Gasteiger partial charge is 0.573 e. The highest BCUT2D eigenvalue weighted by Crippen LogP contribution is 2.23. The van der Waals surface area contributed by atoms with E-state index >= 15 is 0 Å². The van der Waals surface area contributed by atoms with Crippen LogP contribution in [0.3, 0.4) is 0 Å². The number of methoxy groups -OCH3 is 1. The zero-order valence-electron chi connectivity index (χ0n) is 10.6. The van der Waals surface area contributed by atoms with Crippen LogP contribution in [0, 0.1) is 0 Å². The van der Waals surface area contributed by atoms with E-state index in [1.54, 1.807) is 7.11 Å². The quantitative estimate of drug-likeness (QED) is 0.342. The van der Waals surface area contributed by atoms with Crippen molar-refractivity contribution in [2.45, 2.75) is 6.36 Å². The first-order valence-corrected chi connectivity index (χ1v) is 5.32. The van der Waals surface area contributed by atoms with Crippen LogP contribution in [-0.4, -0.2) is 32.6 Å². The predicted molar refractivity (Wildman–Crippen MR) is 80.5 cm³/mol. The average Bonchev–Trinajstić information content (AvgIpc) is 2.30. The van der Waals surface area contributed by atoms with Gasteiger partial charge in [-0.2, -0.15) is 0 Å². The number of aliphatic imine (C=N–C) groups is 1. The van der Waals surface area contributed by atoms with Gasteiger partial charge in [0.1, 0.15) is 5.75 Å². The third-order valence-corrected chi connectivity index (χ3v) is 1.94. The smallest absolute Gasteiger partial charge is 0.406 e. The van der Waals surface area contributed by atoms with E-state index in [0.717, 1.165) is 0 Å². The first-order chi connectivity index (χ1) is 8.90. The van der Waals surface area contributed by atoms with E-state index in [4.69, 9.17) is 10.5 Å². The Bertz CT molecular complexity index is 424. The highest BCUT2D eigenvalue weighted by Gasteiger charge is 2.30. The number of nitrogens with one attached hydrogen (secondary N) is 1. The van der Waals surface area contributed by atoms with Gasteiger partial charge in [-0.05, 0) is 24.3 Å². The van der Waals surface area contributed by atoms with Crippen molar-refractivity contribution in [1.29, 1.82) is 0 Å². The van der Waals surface area contributed by atoms with Crippen LogP contribution in [0.4, 0.5) is 18.9 Å². The summed E-state index contributed by atoms with van der Waals surface area (Å²) >= 11 is 0. The van der Waals surface area contributed by atoms with Crippen molar-refractivity contribution in [3.8, 4) is 5.75 Å². The number of hydrogen-bond donors (Lipinski definition) is 2. The maximum Gasteiger partial charge on any atom is 0.573 e. The fourth-order valence-corrected chi connectivity index (χ4v) is 1.18. The van der Waals surface area contributed by atoms with Crippen molar-refractivity contribution in [3.05, 3.63) is 24.3 Å². The van der Waals surface area contributed by atoms with E-state index in [1.165, 1.54) is 24.3 Å². The summed E-state index contributed by atoms with van der Waals surface area (Å²) < 4.78 is 44.3. The van der Waals surface area contributed by atoms with Crippen LogP contribution >= 0.6 is 24.0 Å². The molecule has 0 aliphatic carbocycles. The van der Waals surface area contributed by atoms with Gasteiger partial charge in [-0.1, -0.05) is 0 Å². The summed E-state index contributed by atoms with van der Waals surface area (Å²) in [6.07, 6.45) is -4.70. The molecule has 0 spiro atoms. The van der Waals surface area contributed by atoms with E-state index in [-0.39, 0.29) is 35.7 Å². The maximum absolute atomic E-state index is 11.9. The van der Waals surface area contributed by atoms with Gasteiger partial charge in [-0.3, -0.25) is 4.99 Å². The molecule has 0 radical (unpaired) electrons. The summed E-state index contributed by atoms with van der Waals surface area (Å²) in [6.45, 7) is 0.825. The van der Waals surface area contributed by atoms with E-state index in [2.05, 4.69) is 15.0 Å². The molecule has 0 saturated heterocycles. The Hall–Kier alpha value is -1.23. The first-order valence-electron chi connectivity index (χ1n) is 5.32. The molecule has 5 nitrogen and oxygen atoms in total. The van der Waals surface area contributed by atoms with Gasteiger partial charge in [0, 0.05) is 12.8 Å². The Morgan fingerprint density at radius 2 is 1.90 bits per heavy atom. The van der Waals surface area contributed by atoms with Gasteiger partial charge in [0.15, 0.2) is 5.96 Å². The fraction of sp³-hybridized carbons (Fsp3) is 0.364. The van der Waals surface area contributed by atoms with Crippen LogP contribution in [-0.2, 0) is 4.74 Å². The fourth-order valence-electron chi connectivity index (χ4n) is 1.18. The van der Waals surface area contributed by atoms with Crippen LogP contribution in [0.1, 0.15) is 0 Å². The number of benzene rings is 1. The van der Waals surface area contributed by atoms with Crippen LogP contribution in [0.5, 0.6) is 5.75 Å². The van der Waals surface area contributed by atoms with Crippen LogP contribution in [0.15, 0.2) is 29.3 Å². The zero-order chi connectivity index (χ0) is 14.3. The van der Waals surface area contributed by atoms with Gasteiger partial charge in [0.25, 0.3) is 0 Å². The minimum absolute atomic E-state index is 0. The molecule has 1 aromatic carbocycles. The molecule has 0 bridgehead atoms. The van der Waals surface area contributed by atoms with Gasteiger partial charge >= 0.3 is 6.36 Å². The summed E-state index contributed by atoms with van der Waals surface area (Å²) in [6, 6.07) is 5.16. The maximum atomic E-state index is 11.9. The number of anilines is 1. The molecule has 9 heteroatoms. The van der Waals surface area contributed by atoms with Crippen LogP contribution < -0.4 is 15.8 Å². The number of guanidine groups is 1. The van der Waals surface area contributed by atoms with Gasteiger partial charge < -0.3 is 20.5 Å². The molecule has 0 unspecified atom stereocenters. The van der Waals surface area contributed by atoms with Crippen molar-refractivity contribution in [2.75, 3.05) is 25.6 Å². The zero-order valence-corrected chi connectivity index (χ0v) is 12.9. The SMILES string of the molecule is COCCN=C(N)Nc1ccc(OC(F)(F)F)cc1.I. The van der Waals surface area contributed by atoms with Crippen molar-refractivity contribution in [1.82, 2.24) is 0 Å². The first kappa shape index (κ1) is 18.8. The van der Waals surface area contributed by atoms with Gasteiger partial charge in [0.05, 0.1) is 13.2 Å². The lowest BCUT2D eigenvalue weighted by molar-refractivity contribution is -0.274. The number of nitrogens with zero attached hydrogens (tertiary/aromatic N) is 1. The molecule has 0 atom stereocenters. The Morgan fingerprint density at radius 3 is 2.40 bits per heavy atom. The van der Waals surface area contributed by atoms with E-state index in [9.17, 15) is 13.2 Å². The number of alkyl halides is 3. The number of hydrogen-bond acceptors (Lipinski definition) is 3. The summed E-state index contributed by atoms with van der Waals surface area (Å²) in [5.41, 5.74) is 6.07. The second-order valence-corrected chi connectivity index (χ2v) is 3.46. The van der Waals surface area contributed by atoms with E-state index in [0.29, 0.717) is 18.8 Å². The summed E-state index contributed by atoms with van der Waals surface area (Å²) in [5, 5.41) is 2.73. The number of ether oxygens (including phenoxy) is 2. The normalized spacial score (nSPS) is 11.7. The Balaban J connectivity index is 0.00000361. The average molecular weight is 405 g/mol. The van der Waals surface area contributed by atoms with Gasteiger partial charge in [-0.25, -0.2) is 0 Å². The second kappa shape index (κ2) is 8.84. The third kappa shape index (κ3) is 8.04. The molecule has 0 aliphatic rings. The standard InChI is InChI=1S/C11H14F3N3O2.HI/c1-18-7-6-16-10(15)17-8-2-4-9(5-3-8)19-11(12,13)14;/h2-5H,6-7H2,1H3,(H3,15,16,17);1H. The number of nitrogens with two attached hydrogens (primary N) is 1. The van der Waals surface area contributed by atoms with Gasteiger partial charge in [0.2, 0.25) is 0 Å². The highest BCUT2D eigenvalue weighted by molar-refractivity contribution is 14.0. The summed E-state index contributed by atoms with van der Waals surface area (Å²) in [5.74, 6) is -0.144. The van der Waals surface area contributed by atoms with Crippen molar-refractivity contribution in [2.24, 2.45) is 10.7 Å². The van der Waals surface area contributed by atoms with Crippen LogP contribution in [0.2, 0.25) is 0 Å². The predicted octanol–water partition coefficient (Wildman–Crippen LogP) is 2.58. The van der Waals surface area contributed by atoms with E-state index in [1.807, 2.05) is 0 Å². The monoisotopic (exact) mass is 405 g/mol. The molecule has 20 heavy (non-hydrogen) atoms.